The average molecular weight is 320 g/mol. The van der Waals surface area contributed by atoms with Crippen LogP contribution >= 0.6 is 11.3 Å². The van der Waals surface area contributed by atoms with Crippen molar-refractivity contribution in [1.82, 2.24) is 15.5 Å². The Morgan fingerprint density at radius 1 is 1.32 bits per heavy atom. The minimum atomic E-state index is 0.172. The molecule has 0 saturated heterocycles. The Morgan fingerprint density at radius 3 is 2.77 bits per heavy atom. The van der Waals surface area contributed by atoms with E-state index in [1.807, 2.05) is 26.2 Å². The maximum atomic E-state index is 5.51. The number of guanidine groups is 1. The molecular weight excluding hydrogens is 296 g/mol. The number of hydrogen-bond acceptors (Lipinski definition) is 4. The molecule has 0 aliphatic carbocycles. The Labute approximate surface area is 136 Å². The lowest BCUT2D eigenvalue weighted by Gasteiger charge is -2.23. The first-order chi connectivity index (χ1) is 10.7. The van der Waals surface area contributed by atoms with Crippen molar-refractivity contribution in [3.05, 3.63) is 46.5 Å². The smallest absolute Gasteiger partial charge is 0.191 e. The number of aliphatic imine (C=N–C) groups is 1. The van der Waals surface area contributed by atoms with Gasteiger partial charge in [0.2, 0.25) is 0 Å². The van der Waals surface area contributed by atoms with Crippen molar-refractivity contribution < 1.29 is 4.42 Å². The van der Waals surface area contributed by atoms with Crippen molar-refractivity contribution in [1.29, 1.82) is 0 Å². The van der Waals surface area contributed by atoms with Crippen LogP contribution in [0.15, 0.2) is 45.3 Å². The summed E-state index contributed by atoms with van der Waals surface area (Å²) in [5.41, 5.74) is 0. The monoisotopic (exact) mass is 320 g/mol. The molecule has 2 rings (SSSR count). The molecule has 0 aliphatic rings. The molecule has 2 aromatic rings. The van der Waals surface area contributed by atoms with Crippen LogP contribution in [0.25, 0.3) is 0 Å². The Kier molecular flexibility index (Phi) is 6.48. The van der Waals surface area contributed by atoms with Crippen LogP contribution in [0.2, 0.25) is 0 Å². The van der Waals surface area contributed by atoms with Gasteiger partial charge in [0.1, 0.15) is 5.76 Å². The van der Waals surface area contributed by atoms with Crippen LogP contribution in [0.5, 0.6) is 0 Å². The molecule has 1 unspecified atom stereocenters. The standard InChI is InChI=1S/C16H24N4OS/c1-17-16(18-9-8-13-6-5-11-22-13)19-12-14(20(2)3)15-7-4-10-21-15/h4-7,10-11,14H,8-9,12H2,1-3H3,(H2,17,18,19). The molecule has 0 aromatic carbocycles. The lowest BCUT2D eigenvalue weighted by atomic mass is 10.2. The van der Waals surface area contributed by atoms with Crippen molar-refractivity contribution in [2.75, 3.05) is 34.2 Å². The molecule has 0 radical (unpaired) electrons. The predicted octanol–water partition coefficient (Wildman–Crippen LogP) is 2.35. The highest BCUT2D eigenvalue weighted by Gasteiger charge is 2.17. The number of furan rings is 1. The molecule has 120 valence electrons. The van der Waals surface area contributed by atoms with Crippen LogP contribution in [0.1, 0.15) is 16.7 Å². The third-order valence-corrected chi connectivity index (χ3v) is 4.36. The van der Waals surface area contributed by atoms with Crippen LogP contribution < -0.4 is 10.6 Å². The first-order valence-electron chi connectivity index (χ1n) is 7.37. The lowest BCUT2D eigenvalue weighted by molar-refractivity contribution is 0.258. The summed E-state index contributed by atoms with van der Waals surface area (Å²) in [6.07, 6.45) is 2.72. The van der Waals surface area contributed by atoms with Crippen molar-refractivity contribution >= 4 is 17.3 Å². The minimum absolute atomic E-state index is 0.172. The molecule has 5 nitrogen and oxygen atoms in total. The molecule has 1 atom stereocenters. The van der Waals surface area contributed by atoms with E-state index >= 15 is 0 Å². The van der Waals surface area contributed by atoms with Crippen LogP contribution in [0, 0.1) is 0 Å². The molecule has 22 heavy (non-hydrogen) atoms. The van der Waals surface area contributed by atoms with E-state index in [4.69, 9.17) is 4.42 Å². The van der Waals surface area contributed by atoms with Gasteiger partial charge in [0.05, 0.1) is 12.3 Å². The molecule has 0 aliphatic heterocycles. The molecule has 0 fully saturated rings. The zero-order valence-corrected chi connectivity index (χ0v) is 14.2. The van der Waals surface area contributed by atoms with Crippen molar-refractivity contribution in [2.45, 2.75) is 12.5 Å². The molecule has 0 spiro atoms. The van der Waals surface area contributed by atoms with Crippen LogP contribution in [-0.4, -0.2) is 45.1 Å². The number of hydrogen-bond donors (Lipinski definition) is 2. The second-order valence-electron chi connectivity index (χ2n) is 5.20. The third kappa shape index (κ3) is 4.89. The van der Waals surface area contributed by atoms with Gasteiger partial charge < -0.3 is 15.1 Å². The van der Waals surface area contributed by atoms with Gasteiger partial charge in [-0.05, 0) is 44.1 Å². The van der Waals surface area contributed by atoms with Gasteiger partial charge >= 0.3 is 0 Å². The number of nitrogens with one attached hydrogen (secondary N) is 2. The number of nitrogens with zero attached hydrogens (tertiary/aromatic N) is 2. The number of rotatable bonds is 7. The maximum Gasteiger partial charge on any atom is 0.191 e. The minimum Gasteiger partial charge on any atom is -0.468 e. The van der Waals surface area contributed by atoms with E-state index in [-0.39, 0.29) is 6.04 Å². The SMILES string of the molecule is CN=C(NCCc1cccs1)NCC(c1ccco1)N(C)C. The summed E-state index contributed by atoms with van der Waals surface area (Å²) in [5, 5.41) is 8.81. The zero-order valence-electron chi connectivity index (χ0n) is 13.4. The summed E-state index contributed by atoms with van der Waals surface area (Å²) in [6.45, 7) is 1.60. The summed E-state index contributed by atoms with van der Waals surface area (Å²) in [6, 6.07) is 8.32. The lowest BCUT2D eigenvalue weighted by Crippen LogP contribution is -2.42. The first kappa shape index (κ1) is 16.6. The molecular formula is C16H24N4OS. The Bertz CT molecular complexity index is 549. The number of thiophene rings is 1. The quantitative estimate of drug-likeness (QED) is 0.607. The summed E-state index contributed by atoms with van der Waals surface area (Å²) < 4.78 is 5.51. The largest absolute Gasteiger partial charge is 0.468 e. The normalized spacial score (nSPS) is 13.4. The molecule has 2 N–H and O–H groups in total. The fourth-order valence-corrected chi connectivity index (χ4v) is 2.90. The highest BCUT2D eigenvalue weighted by molar-refractivity contribution is 7.09. The van der Waals surface area contributed by atoms with Crippen molar-refractivity contribution in [3.63, 3.8) is 0 Å². The van der Waals surface area contributed by atoms with E-state index in [1.54, 1.807) is 24.6 Å². The molecule has 2 aromatic heterocycles. The molecule has 2 heterocycles. The Morgan fingerprint density at radius 2 is 2.18 bits per heavy atom. The van der Waals surface area contributed by atoms with E-state index in [2.05, 4.69) is 38.0 Å². The maximum absolute atomic E-state index is 5.51. The van der Waals surface area contributed by atoms with E-state index in [9.17, 15) is 0 Å². The Hall–Kier alpha value is -1.79. The highest BCUT2D eigenvalue weighted by atomic mass is 32.1. The van der Waals surface area contributed by atoms with E-state index in [0.717, 1.165) is 31.2 Å². The topological polar surface area (TPSA) is 52.8 Å². The van der Waals surface area contributed by atoms with Gasteiger partial charge in [-0.2, -0.15) is 0 Å². The van der Waals surface area contributed by atoms with Crippen molar-refractivity contribution in [2.24, 2.45) is 4.99 Å². The van der Waals surface area contributed by atoms with E-state index < -0.39 is 0 Å². The molecule has 0 bridgehead atoms. The number of likely N-dealkylation sites (N-methyl/N-ethyl adjacent to an activating group) is 1. The van der Waals surface area contributed by atoms with Gasteiger partial charge in [-0.15, -0.1) is 11.3 Å². The second-order valence-corrected chi connectivity index (χ2v) is 6.24. The molecule has 6 heteroatoms. The molecule has 0 saturated carbocycles. The van der Waals surface area contributed by atoms with Gasteiger partial charge in [0.15, 0.2) is 5.96 Å². The molecule has 0 amide bonds. The van der Waals surface area contributed by atoms with E-state index in [0.29, 0.717) is 0 Å². The van der Waals surface area contributed by atoms with E-state index in [1.165, 1.54) is 4.88 Å². The fraction of sp³-hybridized carbons (Fsp3) is 0.438. The fourth-order valence-electron chi connectivity index (χ4n) is 2.19. The van der Waals surface area contributed by atoms with Gasteiger partial charge in [-0.25, -0.2) is 0 Å². The summed E-state index contributed by atoms with van der Waals surface area (Å²) >= 11 is 1.78. The zero-order chi connectivity index (χ0) is 15.8. The predicted molar refractivity (Wildman–Crippen MR) is 92.5 cm³/mol. The Balaban J connectivity index is 1.79. The van der Waals surface area contributed by atoms with Gasteiger partial charge in [0.25, 0.3) is 0 Å². The first-order valence-corrected chi connectivity index (χ1v) is 8.25. The van der Waals surface area contributed by atoms with Crippen LogP contribution in [-0.2, 0) is 6.42 Å². The van der Waals surface area contributed by atoms with Gasteiger partial charge in [-0.1, -0.05) is 6.07 Å². The average Bonchev–Trinajstić information content (AvgIpc) is 3.18. The van der Waals surface area contributed by atoms with Gasteiger partial charge in [-0.3, -0.25) is 9.89 Å². The van der Waals surface area contributed by atoms with Gasteiger partial charge in [0, 0.05) is 25.0 Å². The summed E-state index contributed by atoms with van der Waals surface area (Å²) in [7, 11) is 5.88. The van der Waals surface area contributed by atoms with Crippen LogP contribution in [0.4, 0.5) is 0 Å². The van der Waals surface area contributed by atoms with Crippen molar-refractivity contribution in [3.8, 4) is 0 Å². The van der Waals surface area contributed by atoms with Crippen LogP contribution in [0.3, 0.4) is 0 Å². The summed E-state index contributed by atoms with van der Waals surface area (Å²) in [5.74, 6) is 1.77. The summed E-state index contributed by atoms with van der Waals surface area (Å²) in [4.78, 5) is 7.78. The second kappa shape index (κ2) is 8.60. The highest BCUT2D eigenvalue weighted by Crippen LogP contribution is 2.17. The third-order valence-electron chi connectivity index (χ3n) is 3.43.